The summed E-state index contributed by atoms with van der Waals surface area (Å²) in [5, 5.41) is 7.45. The van der Waals surface area contributed by atoms with Gasteiger partial charge in [-0.1, -0.05) is 48.5 Å². The van der Waals surface area contributed by atoms with E-state index in [9.17, 15) is 14.4 Å². The molecule has 1 atom stereocenters. The van der Waals surface area contributed by atoms with Crippen LogP contribution in [0.5, 0.6) is 0 Å². The third kappa shape index (κ3) is 3.86. The highest BCUT2D eigenvalue weighted by Gasteiger charge is 2.49. The summed E-state index contributed by atoms with van der Waals surface area (Å²) in [5.74, 6) is -0.343. The Bertz CT molecular complexity index is 1690. The predicted molar refractivity (Wildman–Crippen MR) is 139 cm³/mol. The van der Waals surface area contributed by atoms with Crippen molar-refractivity contribution in [1.82, 2.24) is 24.8 Å². The minimum absolute atomic E-state index is 0.415. The lowest BCUT2D eigenvalue weighted by Crippen LogP contribution is -2.42. The molecule has 37 heavy (non-hydrogen) atoms. The number of amides is 4. The predicted octanol–water partition coefficient (Wildman–Crippen LogP) is 3.98. The molecular weight excluding hydrogens is 468 g/mol. The number of hydrogen-bond acceptors (Lipinski definition) is 5. The van der Waals surface area contributed by atoms with Gasteiger partial charge in [0.1, 0.15) is 24.2 Å². The quantitative estimate of drug-likeness (QED) is 0.362. The molecule has 0 aliphatic carbocycles. The normalized spacial score (nSPS) is 17.4. The second kappa shape index (κ2) is 8.56. The van der Waals surface area contributed by atoms with E-state index in [2.05, 4.69) is 20.6 Å². The highest BCUT2D eigenvalue weighted by Crippen LogP contribution is 2.31. The third-order valence-corrected chi connectivity index (χ3v) is 6.64. The Kier molecular flexibility index (Phi) is 5.19. The maximum atomic E-state index is 13.3. The van der Waals surface area contributed by atoms with Crippen molar-refractivity contribution in [1.29, 1.82) is 0 Å². The number of imidazole rings is 1. The van der Waals surface area contributed by atoms with Crippen molar-refractivity contribution in [3.8, 4) is 5.82 Å². The molecule has 6 rings (SSSR count). The molecule has 3 aromatic carbocycles. The number of pyridine rings is 1. The van der Waals surface area contributed by atoms with Crippen LogP contribution in [0, 0.1) is 0 Å². The van der Waals surface area contributed by atoms with Crippen molar-refractivity contribution in [3.05, 3.63) is 97.0 Å². The molecule has 9 nitrogen and oxygen atoms in total. The van der Waals surface area contributed by atoms with Crippen molar-refractivity contribution < 1.29 is 14.4 Å². The molecular formula is C28H22N6O3. The van der Waals surface area contributed by atoms with Gasteiger partial charge >= 0.3 is 6.03 Å². The number of imide groups is 1. The third-order valence-electron chi connectivity index (χ3n) is 6.64. The van der Waals surface area contributed by atoms with Gasteiger partial charge in [0.15, 0.2) is 0 Å². The maximum absolute atomic E-state index is 13.3. The minimum Gasteiger partial charge on any atom is -0.323 e. The molecule has 0 saturated carbocycles. The van der Waals surface area contributed by atoms with Crippen molar-refractivity contribution in [2.45, 2.75) is 12.5 Å². The number of aromatic nitrogens is 3. The van der Waals surface area contributed by atoms with Crippen LogP contribution in [-0.2, 0) is 15.1 Å². The first-order valence-corrected chi connectivity index (χ1v) is 11.7. The molecule has 9 heteroatoms. The van der Waals surface area contributed by atoms with Gasteiger partial charge in [0.2, 0.25) is 5.91 Å². The van der Waals surface area contributed by atoms with E-state index in [1.54, 1.807) is 25.4 Å². The summed E-state index contributed by atoms with van der Waals surface area (Å²) in [6, 6.07) is 24.0. The summed E-state index contributed by atoms with van der Waals surface area (Å²) >= 11 is 0. The lowest BCUT2D eigenvalue weighted by Gasteiger charge is -2.22. The SMILES string of the molecule is CC1(c2ccc3ccccc3c2)NC(=O)N(CC(=O)Nc2ccc(-n3cnc4ccccc43)nc2)C1=O. The fourth-order valence-electron chi connectivity index (χ4n) is 4.62. The molecule has 2 N–H and O–H groups in total. The van der Waals surface area contributed by atoms with Crippen molar-refractivity contribution >= 4 is 45.3 Å². The van der Waals surface area contributed by atoms with Crippen LogP contribution in [0.3, 0.4) is 0 Å². The summed E-state index contributed by atoms with van der Waals surface area (Å²) in [6.07, 6.45) is 3.21. The number of carbonyl (C=O) groups excluding carboxylic acids is 3. The van der Waals surface area contributed by atoms with E-state index in [0.29, 0.717) is 17.1 Å². The zero-order chi connectivity index (χ0) is 25.6. The summed E-state index contributed by atoms with van der Waals surface area (Å²) < 4.78 is 1.85. The van der Waals surface area contributed by atoms with Gasteiger partial charge in [-0.25, -0.2) is 14.8 Å². The van der Waals surface area contributed by atoms with Gasteiger partial charge in [-0.3, -0.25) is 19.1 Å². The van der Waals surface area contributed by atoms with E-state index in [4.69, 9.17) is 0 Å². The van der Waals surface area contributed by atoms with E-state index in [0.717, 1.165) is 26.7 Å². The number of carbonyl (C=O) groups is 3. The fourth-order valence-corrected chi connectivity index (χ4v) is 4.62. The van der Waals surface area contributed by atoms with Gasteiger partial charge in [0.05, 0.1) is 22.9 Å². The first kappa shape index (κ1) is 22.4. The molecule has 1 aliphatic rings. The van der Waals surface area contributed by atoms with Crippen LogP contribution < -0.4 is 10.6 Å². The number of fused-ring (bicyclic) bond motifs is 2. The van der Waals surface area contributed by atoms with Gasteiger partial charge in [-0.05, 0) is 53.6 Å². The number of nitrogens with zero attached hydrogens (tertiary/aromatic N) is 4. The number of urea groups is 1. The number of benzene rings is 3. The topological polar surface area (TPSA) is 109 Å². The van der Waals surface area contributed by atoms with Crippen LogP contribution in [0.15, 0.2) is 91.4 Å². The van der Waals surface area contributed by atoms with Crippen LogP contribution in [0.4, 0.5) is 10.5 Å². The average molecular weight is 491 g/mol. The van der Waals surface area contributed by atoms with Crippen molar-refractivity contribution in [2.75, 3.05) is 11.9 Å². The van der Waals surface area contributed by atoms with Crippen LogP contribution >= 0.6 is 0 Å². The van der Waals surface area contributed by atoms with Crippen molar-refractivity contribution in [3.63, 3.8) is 0 Å². The van der Waals surface area contributed by atoms with Crippen LogP contribution in [-0.4, -0.2) is 43.8 Å². The Hall–Kier alpha value is -5.05. The molecule has 0 radical (unpaired) electrons. The second-order valence-corrected chi connectivity index (χ2v) is 9.06. The Morgan fingerprint density at radius 2 is 1.73 bits per heavy atom. The Labute approximate surface area is 211 Å². The number of hydrogen-bond donors (Lipinski definition) is 2. The summed E-state index contributed by atoms with van der Waals surface area (Å²) in [7, 11) is 0. The van der Waals surface area contributed by atoms with Gasteiger partial charge in [0.25, 0.3) is 5.91 Å². The Morgan fingerprint density at radius 1 is 0.946 bits per heavy atom. The minimum atomic E-state index is -1.27. The van der Waals surface area contributed by atoms with E-state index < -0.39 is 29.9 Å². The molecule has 0 spiro atoms. The van der Waals surface area contributed by atoms with E-state index >= 15 is 0 Å². The van der Waals surface area contributed by atoms with E-state index in [1.807, 2.05) is 71.3 Å². The lowest BCUT2D eigenvalue weighted by atomic mass is 9.90. The summed E-state index contributed by atoms with van der Waals surface area (Å²) in [4.78, 5) is 48.5. The standard InChI is InChI=1S/C28H22N6O3/c1-28(20-11-10-18-6-2-3-7-19(18)14-20)26(36)33(27(37)32-28)16-25(35)31-21-12-13-24(29-15-21)34-17-30-22-8-4-5-9-23(22)34/h2-15,17H,16H2,1H3,(H,31,35)(H,32,37). The van der Waals surface area contributed by atoms with Gasteiger partial charge in [-0.15, -0.1) is 0 Å². The van der Waals surface area contributed by atoms with Crippen molar-refractivity contribution in [2.24, 2.45) is 0 Å². The fraction of sp³-hybridized carbons (Fsp3) is 0.107. The first-order chi connectivity index (χ1) is 17.9. The number of para-hydroxylation sites is 2. The molecule has 182 valence electrons. The Morgan fingerprint density at radius 3 is 2.54 bits per heavy atom. The highest BCUT2D eigenvalue weighted by molar-refractivity contribution is 6.10. The second-order valence-electron chi connectivity index (χ2n) is 9.06. The summed E-state index contributed by atoms with van der Waals surface area (Å²) in [6.45, 7) is 1.24. The van der Waals surface area contributed by atoms with E-state index in [1.165, 1.54) is 6.20 Å². The number of nitrogens with one attached hydrogen (secondary N) is 2. The zero-order valence-corrected chi connectivity index (χ0v) is 19.9. The van der Waals surface area contributed by atoms with Crippen LogP contribution in [0.1, 0.15) is 12.5 Å². The first-order valence-electron chi connectivity index (χ1n) is 11.7. The smallest absolute Gasteiger partial charge is 0.323 e. The molecule has 4 amide bonds. The summed E-state index contributed by atoms with van der Waals surface area (Å²) in [5.41, 5.74) is 1.60. The molecule has 3 heterocycles. The average Bonchev–Trinajstić information content (AvgIpc) is 3.44. The molecule has 2 aromatic heterocycles. The van der Waals surface area contributed by atoms with Gasteiger partial charge in [-0.2, -0.15) is 0 Å². The van der Waals surface area contributed by atoms with E-state index in [-0.39, 0.29) is 0 Å². The number of anilines is 1. The van der Waals surface area contributed by atoms with Crippen LogP contribution in [0.2, 0.25) is 0 Å². The van der Waals surface area contributed by atoms with Gasteiger partial charge < -0.3 is 10.6 Å². The molecule has 1 fully saturated rings. The monoisotopic (exact) mass is 490 g/mol. The zero-order valence-electron chi connectivity index (χ0n) is 19.9. The number of rotatable bonds is 5. The highest BCUT2D eigenvalue weighted by atomic mass is 16.2. The largest absolute Gasteiger partial charge is 0.325 e. The molecule has 1 aliphatic heterocycles. The molecule has 5 aromatic rings. The molecule has 0 bridgehead atoms. The maximum Gasteiger partial charge on any atom is 0.325 e. The molecule has 1 unspecified atom stereocenters. The lowest BCUT2D eigenvalue weighted by molar-refractivity contribution is -0.133. The molecule has 1 saturated heterocycles. The van der Waals surface area contributed by atoms with Crippen LogP contribution in [0.25, 0.3) is 27.6 Å². The Balaban J connectivity index is 1.16. The van der Waals surface area contributed by atoms with Gasteiger partial charge in [0, 0.05) is 0 Å².